The molecule has 1 unspecified atom stereocenters. The minimum absolute atomic E-state index is 0.0802. The molecular formula is C25H34F6N8O4. The van der Waals surface area contributed by atoms with Crippen molar-refractivity contribution >= 4 is 17.6 Å². The maximum atomic E-state index is 12.8. The van der Waals surface area contributed by atoms with Crippen molar-refractivity contribution in [3.05, 3.63) is 41.1 Å². The van der Waals surface area contributed by atoms with E-state index < -0.39 is 29.8 Å². The Bertz CT molecular complexity index is 1340. The number of hydrogen-bond donors (Lipinski definition) is 3. The topological polar surface area (TPSA) is 149 Å². The van der Waals surface area contributed by atoms with Gasteiger partial charge in [-0.05, 0) is 49.4 Å². The fraction of sp³-hybridized carbons (Fsp3) is 0.600. The lowest BCUT2D eigenvalue weighted by Gasteiger charge is -2.27. The van der Waals surface area contributed by atoms with Crippen LogP contribution in [-0.2, 0) is 17.6 Å². The molecule has 0 aliphatic carbocycles. The van der Waals surface area contributed by atoms with E-state index in [1.54, 1.807) is 36.3 Å². The molecule has 240 valence electrons. The summed E-state index contributed by atoms with van der Waals surface area (Å²) >= 11 is 0. The van der Waals surface area contributed by atoms with Crippen LogP contribution in [0.1, 0.15) is 54.1 Å². The lowest BCUT2D eigenvalue weighted by atomic mass is 9.86. The van der Waals surface area contributed by atoms with Crippen molar-refractivity contribution in [1.82, 2.24) is 40.9 Å². The molecule has 1 fully saturated rings. The minimum Gasteiger partial charge on any atom is -0.384 e. The van der Waals surface area contributed by atoms with Crippen molar-refractivity contribution < 1.29 is 45.3 Å². The van der Waals surface area contributed by atoms with Crippen LogP contribution in [0.5, 0.6) is 0 Å². The zero-order valence-electron chi connectivity index (χ0n) is 24.2. The molecule has 1 atom stereocenters. The van der Waals surface area contributed by atoms with Crippen LogP contribution in [-0.4, -0.2) is 82.6 Å². The Hall–Kier alpha value is -3.96. The van der Waals surface area contributed by atoms with Gasteiger partial charge < -0.3 is 20.7 Å². The van der Waals surface area contributed by atoms with E-state index in [0.29, 0.717) is 30.8 Å². The average Bonchev–Trinajstić information content (AvgIpc) is 3.66. The molecule has 4 heterocycles. The van der Waals surface area contributed by atoms with Gasteiger partial charge in [-0.25, -0.2) is 18.9 Å². The number of rotatable bonds is 8. The highest BCUT2D eigenvalue weighted by Gasteiger charge is 2.46. The number of ether oxygens (including phenoxy) is 1. The second-order valence-corrected chi connectivity index (χ2v) is 10.1. The van der Waals surface area contributed by atoms with Crippen LogP contribution >= 0.6 is 0 Å². The van der Waals surface area contributed by atoms with Crippen molar-refractivity contribution in [3.63, 3.8) is 0 Å². The normalized spacial score (nSPS) is 15.1. The van der Waals surface area contributed by atoms with Gasteiger partial charge in [0.25, 0.3) is 5.91 Å². The summed E-state index contributed by atoms with van der Waals surface area (Å²) in [6.07, 6.45) is -3.20. The van der Waals surface area contributed by atoms with Crippen LogP contribution in [0.4, 0.5) is 31.1 Å². The molecule has 3 N–H and O–H groups in total. The zero-order chi connectivity index (χ0) is 32.4. The van der Waals surface area contributed by atoms with Gasteiger partial charge in [0.15, 0.2) is 11.3 Å². The van der Waals surface area contributed by atoms with E-state index in [4.69, 9.17) is 4.74 Å². The van der Waals surface area contributed by atoms with Gasteiger partial charge in [-0.15, -0.1) is 0 Å². The van der Waals surface area contributed by atoms with E-state index in [-0.39, 0.29) is 24.6 Å². The third kappa shape index (κ3) is 10.7. The van der Waals surface area contributed by atoms with Gasteiger partial charge in [-0.1, -0.05) is 19.0 Å². The lowest BCUT2D eigenvalue weighted by molar-refractivity contribution is -0.213. The van der Waals surface area contributed by atoms with E-state index in [1.807, 2.05) is 11.4 Å². The number of carbonyl (C=O) groups excluding carboxylic acids is 2. The Balaban J connectivity index is 0.000000265. The third-order valence-electron chi connectivity index (χ3n) is 6.29. The molecule has 1 saturated heterocycles. The molecular weight excluding hydrogens is 590 g/mol. The van der Waals surface area contributed by atoms with Gasteiger partial charge in [-0.3, -0.25) is 4.79 Å². The summed E-state index contributed by atoms with van der Waals surface area (Å²) in [5.41, 5.74) is 1.57. The lowest BCUT2D eigenvalue weighted by Crippen LogP contribution is -2.40. The number of aryl methyl sites for hydroxylation is 2. The highest BCUT2D eigenvalue weighted by Crippen LogP contribution is 2.41. The van der Waals surface area contributed by atoms with Crippen LogP contribution in [0.3, 0.4) is 0 Å². The molecule has 0 bridgehead atoms. The van der Waals surface area contributed by atoms with Crippen LogP contribution in [0, 0.1) is 12.3 Å². The maximum Gasteiger partial charge on any atom is 0.410 e. The number of halogens is 6. The van der Waals surface area contributed by atoms with E-state index >= 15 is 0 Å². The third-order valence-corrected chi connectivity index (χ3v) is 6.29. The summed E-state index contributed by atoms with van der Waals surface area (Å²) in [7, 11) is 3.17. The first-order valence-corrected chi connectivity index (χ1v) is 13.0. The second kappa shape index (κ2) is 15.0. The molecule has 18 heteroatoms. The molecule has 1 aliphatic heterocycles. The van der Waals surface area contributed by atoms with Gasteiger partial charge in [0.1, 0.15) is 11.7 Å². The Labute approximate surface area is 242 Å². The van der Waals surface area contributed by atoms with Gasteiger partial charge in [0, 0.05) is 20.7 Å². The SMILES string of the molecule is CNC(=O)c1nonc1C.COCCc1cnn2cc(CCCC(C)(C)C(F)(F)F)nc2c1.O=C1NCC(C(F)(F)F)N1. The molecule has 4 rings (SSSR count). The number of hydrogen-bond acceptors (Lipinski definition) is 8. The van der Waals surface area contributed by atoms with Crippen molar-refractivity contribution in [2.24, 2.45) is 5.41 Å². The summed E-state index contributed by atoms with van der Waals surface area (Å²) in [4.78, 5) is 25.4. The summed E-state index contributed by atoms with van der Waals surface area (Å²) in [5, 5.41) is 17.2. The smallest absolute Gasteiger partial charge is 0.384 e. The van der Waals surface area contributed by atoms with Crippen LogP contribution in [0.15, 0.2) is 23.1 Å². The quantitative estimate of drug-likeness (QED) is 0.321. The van der Waals surface area contributed by atoms with Crippen molar-refractivity contribution in [2.75, 3.05) is 27.3 Å². The van der Waals surface area contributed by atoms with E-state index in [9.17, 15) is 35.9 Å². The van der Waals surface area contributed by atoms with Gasteiger partial charge >= 0.3 is 18.4 Å². The summed E-state index contributed by atoms with van der Waals surface area (Å²) in [5.74, 6) is -0.279. The van der Waals surface area contributed by atoms with E-state index in [1.165, 1.54) is 20.9 Å². The standard InChI is InChI=1S/C16H22F3N3O.C5H7N3O2.C4H5F3N2O/c1-15(2,16(17,18)19)7-4-5-13-11-22-14(21-13)9-12(10-20-22)6-8-23-3;1-3-4(5(9)6-2)8-10-7-3;5-4(6,7)2-1-8-3(10)9-2/h9-11H,4-8H2,1-3H3;1-2H3,(H,6,9);2H,1H2,(H2,8,9,10). The maximum absolute atomic E-state index is 12.8. The largest absolute Gasteiger partial charge is 0.410 e. The predicted octanol–water partition coefficient (Wildman–Crippen LogP) is 3.80. The first-order valence-electron chi connectivity index (χ1n) is 13.0. The highest BCUT2D eigenvalue weighted by molar-refractivity contribution is 5.92. The number of fused-ring (bicyclic) bond motifs is 1. The first kappa shape index (κ1) is 35.2. The van der Waals surface area contributed by atoms with E-state index in [2.05, 4.69) is 30.3 Å². The number of amides is 3. The molecule has 0 radical (unpaired) electrons. The number of alkyl halides is 6. The predicted molar refractivity (Wildman–Crippen MR) is 140 cm³/mol. The number of methoxy groups -OCH3 is 1. The first-order chi connectivity index (χ1) is 20.0. The molecule has 0 spiro atoms. The highest BCUT2D eigenvalue weighted by atomic mass is 19.4. The summed E-state index contributed by atoms with van der Waals surface area (Å²) in [6, 6.07) is -0.558. The fourth-order valence-corrected chi connectivity index (χ4v) is 3.50. The molecule has 43 heavy (non-hydrogen) atoms. The van der Waals surface area contributed by atoms with Crippen molar-refractivity contribution in [2.45, 2.75) is 64.8 Å². The van der Waals surface area contributed by atoms with Crippen LogP contribution in [0.25, 0.3) is 5.65 Å². The van der Waals surface area contributed by atoms with Gasteiger partial charge in [0.05, 0.1) is 30.1 Å². The molecule has 3 aromatic heterocycles. The Kier molecular flexibility index (Phi) is 12.3. The van der Waals surface area contributed by atoms with Gasteiger partial charge in [0.2, 0.25) is 0 Å². The summed E-state index contributed by atoms with van der Waals surface area (Å²) < 4.78 is 84.5. The minimum atomic E-state index is -4.33. The van der Waals surface area contributed by atoms with Gasteiger partial charge in [-0.2, -0.15) is 31.4 Å². The molecule has 3 amide bonds. The van der Waals surface area contributed by atoms with Crippen molar-refractivity contribution in [1.29, 1.82) is 0 Å². The monoisotopic (exact) mass is 624 g/mol. The molecule has 0 aromatic carbocycles. The second-order valence-electron chi connectivity index (χ2n) is 10.1. The zero-order valence-corrected chi connectivity index (χ0v) is 24.2. The number of aromatic nitrogens is 5. The van der Waals surface area contributed by atoms with Crippen molar-refractivity contribution in [3.8, 4) is 0 Å². The molecule has 0 saturated carbocycles. The number of nitrogens with one attached hydrogen (secondary N) is 3. The summed E-state index contributed by atoms with van der Waals surface area (Å²) in [6.45, 7) is 4.36. The average molecular weight is 625 g/mol. The Morgan fingerprint density at radius 1 is 1.19 bits per heavy atom. The molecule has 3 aromatic rings. The van der Waals surface area contributed by atoms with Crippen LogP contribution < -0.4 is 16.0 Å². The Morgan fingerprint density at radius 3 is 2.37 bits per heavy atom. The number of urea groups is 1. The number of carbonyl (C=O) groups is 2. The number of nitrogens with zero attached hydrogens (tertiary/aromatic N) is 5. The fourth-order valence-electron chi connectivity index (χ4n) is 3.50. The number of imidazole rings is 1. The van der Waals surface area contributed by atoms with E-state index in [0.717, 1.165) is 17.7 Å². The Morgan fingerprint density at radius 2 is 1.88 bits per heavy atom. The molecule has 1 aliphatic rings. The molecule has 12 nitrogen and oxygen atoms in total. The van der Waals surface area contributed by atoms with Crippen LogP contribution in [0.2, 0.25) is 0 Å².